The summed E-state index contributed by atoms with van der Waals surface area (Å²) in [7, 11) is 0. The zero-order chi connectivity index (χ0) is 24.7. The van der Waals surface area contributed by atoms with Crippen LogP contribution in [0.4, 0.5) is 11.5 Å². The van der Waals surface area contributed by atoms with E-state index >= 15 is 0 Å². The minimum atomic E-state index is -0.432. The van der Waals surface area contributed by atoms with Gasteiger partial charge in [0.1, 0.15) is 16.9 Å². The van der Waals surface area contributed by atoms with Crippen molar-refractivity contribution in [3.8, 4) is 11.5 Å². The number of carbonyl (C=O) groups is 1. The number of phenols is 2. The number of nitrogen functional groups attached to an aromatic ring is 1. The number of aromatic hydroxyl groups is 2. The Balaban J connectivity index is 1.66. The van der Waals surface area contributed by atoms with Gasteiger partial charge in [-0.2, -0.15) is 9.78 Å². The summed E-state index contributed by atoms with van der Waals surface area (Å²) in [6.45, 7) is 3.91. The Labute approximate surface area is 200 Å². The average Bonchev–Trinajstić information content (AvgIpc) is 3.07. The lowest BCUT2D eigenvalue weighted by molar-refractivity contribution is 0.102. The van der Waals surface area contributed by atoms with E-state index < -0.39 is 5.91 Å². The molecule has 9 heteroatoms. The van der Waals surface area contributed by atoms with Crippen LogP contribution in [0.5, 0.6) is 11.5 Å². The molecule has 9 nitrogen and oxygen atoms in total. The zero-order valence-electron chi connectivity index (χ0n) is 19.0. The molecule has 2 heterocycles. The largest absolute Gasteiger partial charge is 0.504 e. The Morgan fingerprint density at radius 3 is 2.34 bits per heavy atom. The number of para-hydroxylation sites is 2. The molecule has 1 amide bonds. The van der Waals surface area contributed by atoms with Crippen LogP contribution in [0.25, 0.3) is 22.2 Å². The number of hydrogen-bond donors (Lipinski definition) is 4. The molecule has 5 aromatic rings. The molecule has 174 valence electrons. The molecule has 0 atom stereocenters. The summed E-state index contributed by atoms with van der Waals surface area (Å²) in [4.78, 5) is 22.7. The van der Waals surface area contributed by atoms with Crippen molar-refractivity contribution in [1.29, 1.82) is 0 Å². The van der Waals surface area contributed by atoms with E-state index in [-0.39, 0.29) is 22.9 Å². The van der Waals surface area contributed by atoms with Crippen molar-refractivity contribution in [3.05, 3.63) is 82.9 Å². The number of nitrogens with one attached hydrogen (secondary N) is 1. The fourth-order valence-corrected chi connectivity index (χ4v) is 3.97. The van der Waals surface area contributed by atoms with E-state index in [2.05, 4.69) is 20.4 Å². The number of carbonyl (C=O) groups excluding carboxylic acids is 1. The molecule has 0 aliphatic heterocycles. The van der Waals surface area contributed by atoms with Crippen molar-refractivity contribution in [2.24, 2.45) is 5.10 Å². The molecule has 0 aliphatic rings. The number of aromatic nitrogens is 3. The van der Waals surface area contributed by atoms with Crippen molar-refractivity contribution in [3.63, 3.8) is 0 Å². The van der Waals surface area contributed by atoms with E-state index in [1.54, 1.807) is 6.07 Å². The third-order valence-corrected chi connectivity index (χ3v) is 5.50. The van der Waals surface area contributed by atoms with Gasteiger partial charge in [-0.15, -0.1) is 0 Å². The number of anilines is 2. The van der Waals surface area contributed by atoms with Gasteiger partial charge in [0, 0.05) is 5.69 Å². The van der Waals surface area contributed by atoms with Crippen LogP contribution in [-0.2, 0) is 0 Å². The lowest BCUT2D eigenvalue weighted by Gasteiger charge is -2.08. The maximum absolute atomic E-state index is 13.4. The predicted octanol–water partition coefficient (Wildman–Crippen LogP) is 4.33. The van der Waals surface area contributed by atoms with Gasteiger partial charge in [-0.25, -0.2) is 9.97 Å². The molecule has 0 unspecified atom stereocenters. The van der Waals surface area contributed by atoms with Gasteiger partial charge in [-0.3, -0.25) is 4.79 Å². The SMILES string of the molecule is Cc1cc(C)cc(NC(=O)c2c(N)n(/N=C\c3ccc(O)c(O)c3)c3nc4ccccc4nc23)c1. The normalized spacial score (nSPS) is 11.5. The topological polar surface area (TPSA) is 139 Å². The van der Waals surface area contributed by atoms with Gasteiger partial charge in [-0.1, -0.05) is 18.2 Å². The minimum Gasteiger partial charge on any atom is -0.504 e. The second-order valence-electron chi connectivity index (χ2n) is 8.28. The molecular formula is C26H22N6O3. The van der Waals surface area contributed by atoms with Gasteiger partial charge in [0.05, 0.1) is 17.2 Å². The number of hydrogen-bond acceptors (Lipinski definition) is 7. The van der Waals surface area contributed by atoms with Gasteiger partial charge in [0.25, 0.3) is 5.91 Å². The number of nitrogens with two attached hydrogens (primary N) is 1. The lowest BCUT2D eigenvalue weighted by atomic mass is 10.1. The molecule has 0 fully saturated rings. The van der Waals surface area contributed by atoms with E-state index in [9.17, 15) is 15.0 Å². The molecule has 35 heavy (non-hydrogen) atoms. The summed E-state index contributed by atoms with van der Waals surface area (Å²) in [5.41, 5.74) is 11.6. The summed E-state index contributed by atoms with van der Waals surface area (Å²) in [6.07, 6.45) is 1.44. The highest BCUT2D eigenvalue weighted by Gasteiger charge is 2.24. The van der Waals surface area contributed by atoms with E-state index in [4.69, 9.17) is 5.73 Å². The van der Waals surface area contributed by atoms with Gasteiger partial charge in [0.2, 0.25) is 0 Å². The Morgan fingerprint density at radius 1 is 0.971 bits per heavy atom. The Hall–Kier alpha value is -4.92. The summed E-state index contributed by atoms with van der Waals surface area (Å²) >= 11 is 0. The van der Waals surface area contributed by atoms with E-state index in [1.165, 1.54) is 23.0 Å². The molecule has 0 aliphatic carbocycles. The molecule has 0 saturated heterocycles. The summed E-state index contributed by atoms with van der Waals surface area (Å²) in [5.74, 6) is -0.885. The standard InChI is InChI=1S/C26H22N6O3/c1-14-9-15(2)11-17(10-14)29-26(35)22-23-25(31-19-6-4-3-5-18(19)30-23)32(24(22)27)28-13-16-7-8-20(33)21(34)12-16/h3-13,33-34H,27H2,1-2H3,(H,29,35)/b28-13-. The second kappa shape index (κ2) is 8.45. The van der Waals surface area contributed by atoms with Crippen molar-refractivity contribution in [2.75, 3.05) is 11.1 Å². The van der Waals surface area contributed by atoms with E-state index in [0.29, 0.717) is 33.4 Å². The first-order valence-corrected chi connectivity index (χ1v) is 10.8. The number of benzene rings is 3. The number of rotatable bonds is 4. The van der Waals surface area contributed by atoms with Crippen LogP contribution in [0.15, 0.2) is 65.8 Å². The molecule has 0 radical (unpaired) electrons. The van der Waals surface area contributed by atoms with Crippen molar-refractivity contribution in [2.45, 2.75) is 13.8 Å². The molecule has 3 aromatic carbocycles. The van der Waals surface area contributed by atoms with Crippen LogP contribution in [0.1, 0.15) is 27.0 Å². The third-order valence-electron chi connectivity index (χ3n) is 5.50. The highest BCUT2D eigenvalue weighted by molar-refractivity contribution is 6.16. The van der Waals surface area contributed by atoms with Crippen LogP contribution in [0.3, 0.4) is 0 Å². The number of fused-ring (bicyclic) bond motifs is 2. The molecule has 5 N–H and O–H groups in total. The van der Waals surface area contributed by atoms with E-state index in [0.717, 1.165) is 11.1 Å². The fourth-order valence-electron chi connectivity index (χ4n) is 3.97. The molecular weight excluding hydrogens is 444 g/mol. The first-order valence-electron chi connectivity index (χ1n) is 10.8. The smallest absolute Gasteiger partial charge is 0.261 e. The van der Waals surface area contributed by atoms with Crippen molar-refractivity contribution in [1.82, 2.24) is 14.6 Å². The van der Waals surface area contributed by atoms with Gasteiger partial charge in [-0.05, 0) is 73.0 Å². The highest BCUT2D eigenvalue weighted by Crippen LogP contribution is 2.29. The first-order chi connectivity index (χ1) is 16.8. The Morgan fingerprint density at radius 2 is 1.66 bits per heavy atom. The average molecular weight is 467 g/mol. The first kappa shape index (κ1) is 21.9. The number of phenolic OH excluding ortho intramolecular Hbond substituents is 2. The number of nitrogens with zero attached hydrogens (tertiary/aromatic N) is 4. The number of amides is 1. The number of aryl methyl sites for hydroxylation is 2. The Kier molecular flexibility index (Phi) is 5.29. The summed E-state index contributed by atoms with van der Waals surface area (Å²) < 4.78 is 1.34. The highest BCUT2D eigenvalue weighted by atomic mass is 16.3. The Bertz CT molecular complexity index is 1630. The van der Waals surface area contributed by atoms with Gasteiger partial charge >= 0.3 is 0 Å². The van der Waals surface area contributed by atoms with Crippen molar-refractivity contribution < 1.29 is 15.0 Å². The zero-order valence-corrected chi connectivity index (χ0v) is 19.0. The fraction of sp³-hybridized carbons (Fsp3) is 0.0769. The van der Waals surface area contributed by atoms with Crippen LogP contribution in [-0.4, -0.2) is 37.0 Å². The lowest BCUT2D eigenvalue weighted by Crippen LogP contribution is -2.14. The minimum absolute atomic E-state index is 0.0661. The van der Waals surface area contributed by atoms with Gasteiger partial charge in [0.15, 0.2) is 17.1 Å². The predicted molar refractivity (Wildman–Crippen MR) is 136 cm³/mol. The molecule has 2 aromatic heterocycles. The summed E-state index contributed by atoms with van der Waals surface area (Å²) in [5, 5.41) is 26.7. The van der Waals surface area contributed by atoms with Crippen molar-refractivity contribution >= 4 is 45.8 Å². The van der Waals surface area contributed by atoms with Crippen LogP contribution < -0.4 is 11.1 Å². The second-order valence-corrected chi connectivity index (χ2v) is 8.28. The molecule has 0 saturated carbocycles. The summed E-state index contributed by atoms with van der Waals surface area (Å²) in [6, 6.07) is 17.4. The van der Waals surface area contributed by atoms with Crippen LogP contribution in [0.2, 0.25) is 0 Å². The van der Waals surface area contributed by atoms with Crippen LogP contribution >= 0.6 is 0 Å². The molecule has 5 rings (SSSR count). The van der Waals surface area contributed by atoms with Gasteiger partial charge < -0.3 is 21.3 Å². The van der Waals surface area contributed by atoms with E-state index in [1.807, 2.05) is 56.3 Å². The molecule has 0 spiro atoms. The maximum atomic E-state index is 13.4. The molecule has 0 bridgehead atoms. The third kappa shape index (κ3) is 4.10. The quantitative estimate of drug-likeness (QED) is 0.230. The maximum Gasteiger partial charge on any atom is 0.261 e. The monoisotopic (exact) mass is 466 g/mol. The van der Waals surface area contributed by atoms with Crippen LogP contribution in [0, 0.1) is 13.8 Å².